The Balaban J connectivity index is 2.28. The van der Waals surface area contributed by atoms with E-state index in [1.54, 1.807) is 18.3 Å². The van der Waals surface area contributed by atoms with Gasteiger partial charge in [0.05, 0.1) is 11.2 Å². The van der Waals surface area contributed by atoms with Crippen molar-refractivity contribution in [3.8, 4) is 11.3 Å². The number of imidazole rings is 1. The maximum absolute atomic E-state index is 14.7. The topological polar surface area (TPSA) is 43.6 Å². The molecule has 1 aromatic carbocycles. The molecule has 102 valence electrons. The van der Waals surface area contributed by atoms with Crippen LogP contribution in [-0.4, -0.2) is 19.5 Å². The summed E-state index contributed by atoms with van der Waals surface area (Å²) in [4.78, 5) is 12.3. The molecule has 0 bridgehead atoms. The Kier molecular flexibility index (Phi) is 2.97. The number of halogens is 1. The molecule has 4 nitrogen and oxygen atoms in total. The van der Waals surface area contributed by atoms with E-state index in [4.69, 9.17) is 0 Å². The molecule has 0 amide bonds. The molecular formula is C15H15FN4. The molecule has 0 radical (unpaired) electrons. The first kappa shape index (κ1) is 12.7. The highest BCUT2D eigenvalue weighted by Crippen LogP contribution is 2.29. The molecule has 5 heteroatoms. The maximum atomic E-state index is 14.7. The van der Waals surface area contributed by atoms with Gasteiger partial charge in [-0.3, -0.25) is 0 Å². The lowest BCUT2D eigenvalue weighted by Gasteiger charge is -2.11. The number of fused-ring (bicyclic) bond motifs is 1. The highest BCUT2D eigenvalue weighted by Gasteiger charge is 2.17. The molecule has 3 rings (SSSR count). The fraction of sp³-hybridized carbons (Fsp3) is 0.267. The lowest BCUT2D eigenvalue weighted by molar-refractivity contribution is 0.600. The molecule has 0 saturated heterocycles. The summed E-state index contributed by atoms with van der Waals surface area (Å²) in [6, 6.07) is 5.58. The maximum Gasteiger partial charge on any atom is 0.160 e. The number of aromatic nitrogens is 4. The number of benzene rings is 1. The quantitative estimate of drug-likeness (QED) is 0.715. The molecular weight excluding hydrogens is 255 g/mol. The van der Waals surface area contributed by atoms with Gasteiger partial charge in [-0.05, 0) is 39.0 Å². The van der Waals surface area contributed by atoms with E-state index in [1.165, 1.54) is 6.33 Å². The molecule has 3 aromatic rings. The van der Waals surface area contributed by atoms with Gasteiger partial charge in [0.25, 0.3) is 0 Å². The van der Waals surface area contributed by atoms with Crippen molar-refractivity contribution < 1.29 is 4.39 Å². The molecule has 2 aromatic heterocycles. The van der Waals surface area contributed by atoms with Gasteiger partial charge in [-0.2, -0.15) is 0 Å². The Morgan fingerprint density at radius 1 is 1.20 bits per heavy atom. The molecule has 0 aliphatic carbocycles. The average molecular weight is 270 g/mol. The predicted octanol–water partition coefficient (Wildman–Crippen LogP) is 3.52. The van der Waals surface area contributed by atoms with E-state index in [9.17, 15) is 4.39 Å². The van der Waals surface area contributed by atoms with Crippen LogP contribution in [0.25, 0.3) is 22.3 Å². The Bertz CT molecular complexity index is 762. The van der Waals surface area contributed by atoms with Crippen molar-refractivity contribution in [2.75, 3.05) is 0 Å². The van der Waals surface area contributed by atoms with Crippen molar-refractivity contribution in [2.24, 2.45) is 0 Å². The van der Waals surface area contributed by atoms with Gasteiger partial charge in [0.15, 0.2) is 5.82 Å². The fourth-order valence-electron chi connectivity index (χ4n) is 2.54. The Hall–Kier alpha value is -2.30. The molecule has 0 unspecified atom stereocenters. The predicted molar refractivity (Wildman–Crippen MR) is 75.8 cm³/mol. The number of hydrogen-bond donors (Lipinski definition) is 0. The van der Waals surface area contributed by atoms with Gasteiger partial charge >= 0.3 is 0 Å². The largest absolute Gasteiger partial charge is 0.326 e. The minimum atomic E-state index is -0.330. The van der Waals surface area contributed by atoms with E-state index in [-0.39, 0.29) is 11.9 Å². The highest BCUT2D eigenvalue weighted by atomic mass is 19.1. The van der Waals surface area contributed by atoms with E-state index in [1.807, 2.05) is 17.6 Å². The zero-order valence-corrected chi connectivity index (χ0v) is 11.6. The average Bonchev–Trinajstić information content (AvgIpc) is 2.77. The van der Waals surface area contributed by atoms with Crippen molar-refractivity contribution in [1.29, 1.82) is 0 Å². The van der Waals surface area contributed by atoms with Crippen LogP contribution in [0.15, 0.2) is 30.7 Å². The second-order valence-electron chi connectivity index (χ2n) is 5.01. The van der Waals surface area contributed by atoms with Crippen LogP contribution in [0.4, 0.5) is 4.39 Å². The first-order chi connectivity index (χ1) is 9.59. The smallest absolute Gasteiger partial charge is 0.160 e. The minimum Gasteiger partial charge on any atom is -0.326 e. The molecule has 0 aliphatic rings. The zero-order chi connectivity index (χ0) is 14.3. The minimum absolute atomic E-state index is 0.240. The van der Waals surface area contributed by atoms with E-state index in [2.05, 4.69) is 28.8 Å². The summed E-state index contributed by atoms with van der Waals surface area (Å²) in [5.41, 5.74) is 2.23. The molecule has 0 saturated carbocycles. The van der Waals surface area contributed by atoms with Crippen LogP contribution in [0.1, 0.15) is 25.7 Å². The van der Waals surface area contributed by atoms with Gasteiger partial charge in [-0.15, -0.1) is 0 Å². The van der Waals surface area contributed by atoms with E-state index in [0.29, 0.717) is 16.8 Å². The highest BCUT2D eigenvalue weighted by molar-refractivity contribution is 5.83. The number of rotatable bonds is 2. The molecule has 0 atom stereocenters. The zero-order valence-electron chi connectivity index (χ0n) is 11.6. The lowest BCUT2D eigenvalue weighted by atomic mass is 10.1. The second kappa shape index (κ2) is 4.67. The van der Waals surface area contributed by atoms with E-state index < -0.39 is 0 Å². The SMILES string of the molecule is Cc1nc2c(F)c(-c3ccncn3)ccc2n1C(C)C. The van der Waals surface area contributed by atoms with Crippen LogP contribution in [0.2, 0.25) is 0 Å². The summed E-state index contributed by atoms with van der Waals surface area (Å²) in [6.45, 7) is 6.01. The molecule has 0 aliphatic heterocycles. The summed E-state index contributed by atoms with van der Waals surface area (Å²) in [5, 5.41) is 0. The molecule has 0 fully saturated rings. The first-order valence-corrected chi connectivity index (χ1v) is 6.53. The summed E-state index contributed by atoms with van der Waals surface area (Å²) in [7, 11) is 0. The van der Waals surface area contributed by atoms with Crippen LogP contribution in [0, 0.1) is 12.7 Å². The summed E-state index contributed by atoms with van der Waals surface area (Å²) in [5.74, 6) is 0.484. The van der Waals surface area contributed by atoms with Gasteiger partial charge in [0.1, 0.15) is 17.7 Å². The summed E-state index contributed by atoms with van der Waals surface area (Å²) in [6.07, 6.45) is 3.01. The summed E-state index contributed by atoms with van der Waals surface area (Å²) < 4.78 is 16.7. The van der Waals surface area contributed by atoms with Gasteiger partial charge in [-0.25, -0.2) is 19.3 Å². The third-order valence-corrected chi connectivity index (χ3v) is 3.35. The van der Waals surface area contributed by atoms with Gasteiger partial charge < -0.3 is 4.57 Å². The molecule has 0 N–H and O–H groups in total. The van der Waals surface area contributed by atoms with Crippen molar-refractivity contribution in [2.45, 2.75) is 26.8 Å². The molecule has 20 heavy (non-hydrogen) atoms. The normalized spacial score (nSPS) is 11.4. The fourth-order valence-corrected chi connectivity index (χ4v) is 2.54. The van der Waals surface area contributed by atoms with E-state index in [0.717, 1.165) is 11.3 Å². The van der Waals surface area contributed by atoms with E-state index >= 15 is 0 Å². The van der Waals surface area contributed by atoms with Gasteiger partial charge in [0, 0.05) is 17.8 Å². The standard InChI is InChI=1S/C15H15FN4/c1-9(2)20-10(3)19-15-13(20)5-4-11(14(15)16)12-6-7-17-8-18-12/h4-9H,1-3H3. The van der Waals surface area contributed by atoms with Crippen LogP contribution < -0.4 is 0 Å². The van der Waals surface area contributed by atoms with Crippen LogP contribution in [0.5, 0.6) is 0 Å². The molecule has 0 spiro atoms. The number of hydrogen-bond acceptors (Lipinski definition) is 3. The second-order valence-corrected chi connectivity index (χ2v) is 5.01. The van der Waals surface area contributed by atoms with Crippen LogP contribution >= 0.6 is 0 Å². The van der Waals surface area contributed by atoms with Gasteiger partial charge in [0.2, 0.25) is 0 Å². The number of aryl methyl sites for hydroxylation is 1. The molecule has 2 heterocycles. The lowest BCUT2D eigenvalue weighted by Crippen LogP contribution is -2.02. The van der Waals surface area contributed by atoms with Crippen LogP contribution in [0.3, 0.4) is 0 Å². The Labute approximate surface area is 116 Å². The van der Waals surface area contributed by atoms with Crippen molar-refractivity contribution >= 4 is 11.0 Å². The van der Waals surface area contributed by atoms with Gasteiger partial charge in [-0.1, -0.05) is 0 Å². The number of nitrogens with zero attached hydrogens (tertiary/aromatic N) is 4. The van der Waals surface area contributed by atoms with Crippen molar-refractivity contribution in [3.63, 3.8) is 0 Å². The monoisotopic (exact) mass is 270 g/mol. The van der Waals surface area contributed by atoms with Crippen molar-refractivity contribution in [1.82, 2.24) is 19.5 Å². The van der Waals surface area contributed by atoms with Crippen LogP contribution in [-0.2, 0) is 0 Å². The summed E-state index contributed by atoms with van der Waals surface area (Å²) >= 11 is 0. The Morgan fingerprint density at radius 2 is 2.00 bits per heavy atom. The third kappa shape index (κ3) is 1.86. The van der Waals surface area contributed by atoms with Crippen molar-refractivity contribution in [3.05, 3.63) is 42.4 Å². The first-order valence-electron chi connectivity index (χ1n) is 6.53. The third-order valence-electron chi connectivity index (χ3n) is 3.35. The Morgan fingerprint density at radius 3 is 2.65 bits per heavy atom.